The molecule has 0 radical (unpaired) electrons. The van der Waals surface area contributed by atoms with E-state index >= 15 is 0 Å². The van der Waals surface area contributed by atoms with Crippen molar-refractivity contribution in [3.63, 3.8) is 0 Å². The van der Waals surface area contributed by atoms with Crippen LogP contribution in [0.5, 0.6) is 0 Å². The second-order valence-electron chi connectivity index (χ2n) is 3.93. The van der Waals surface area contributed by atoms with Gasteiger partial charge in [0, 0.05) is 16.7 Å². The van der Waals surface area contributed by atoms with E-state index < -0.39 is 21.8 Å². The maximum absolute atomic E-state index is 12.3. The Bertz CT molecular complexity index is 818. The van der Waals surface area contributed by atoms with E-state index in [-0.39, 0.29) is 21.5 Å². The lowest BCUT2D eigenvalue weighted by Crippen LogP contribution is -2.14. The molecule has 0 aliphatic heterocycles. The molecule has 0 saturated carbocycles. The fraction of sp³-hybridized carbons (Fsp3) is 0.0909. The number of nitrogens with zero attached hydrogens (tertiary/aromatic N) is 1. The summed E-state index contributed by atoms with van der Waals surface area (Å²) in [6.07, 6.45) is 1.41. The summed E-state index contributed by atoms with van der Waals surface area (Å²) in [6.45, 7) is 1.35. The zero-order valence-electron chi connectivity index (χ0n) is 10.4. The van der Waals surface area contributed by atoms with Crippen molar-refractivity contribution in [2.75, 3.05) is 4.72 Å². The van der Waals surface area contributed by atoms with E-state index in [1.165, 1.54) is 19.2 Å². The van der Waals surface area contributed by atoms with Crippen LogP contribution < -0.4 is 4.72 Å². The summed E-state index contributed by atoms with van der Waals surface area (Å²) in [5, 5.41) is 8.77. The normalized spacial score (nSPS) is 11.4. The SMILES string of the molecule is Cc1oc(C(=O)O)cc1S(=O)(=O)Nc1cc(Br)cnc1Cl. The van der Waals surface area contributed by atoms with E-state index in [1.807, 2.05) is 0 Å². The summed E-state index contributed by atoms with van der Waals surface area (Å²) >= 11 is 8.95. The molecule has 0 spiro atoms. The number of halogens is 2. The number of furan rings is 1. The van der Waals surface area contributed by atoms with E-state index in [0.29, 0.717) is 4.47 Å². The van der Waals surface area contributed by atoms with Crippen LogP contribution >= 0.6 is 27.5 Å². The Hall–Kier alpha value is -1.58. The van der Waals surface area contributed by atoms with Crippen LogP contribution in [0.4, 0.5) is 5.69 Å². The molecule has 2 heterocycles. The third-order valence-electron chi connectivity index (χ3n) is 2.42. The van der Waals surface area contributed by atoms with Crippen LogP contribution in [-0.4, -0.2) is 24.5 Å². The Labute approximate surface area is 133 Å². The number of carboxylic acid groups (broad SMARTS) is 1. The second-order valence-corrected chi connectivity index (χ2v) is 6.86. The molecule has 0 bridgehead atoms. The molecule has 10 heteroatoms. The predicted molar refractivity (Wildman–Crippen MR) is 78.2 cm³/mol. The molecule has 0 atom stereocenters. The largest absolute Gasteiger partial charge is 0.475 e. The maximum Gasteiger partial charge on any atom is 0.371 e. The van der Waals surface area contributed by atoms with Gasteiger partial charge in [-0.05, 0) is 28.9 Å². The van der Waals surface area contributed by atoms with E-state index in [2.05, 4.69) is 25.6 Å². The van der Waals surface area contributed by atoms with Gasteiger partial charge in [-0.25, -0.2) is 18.2 Å². The Morgan fingerprint density at radius 3 is 2.71 bits per heavy atom. The van der Waals surface area contributed by atoms with Gasteiger partial charge in [0.2, 0.25) is 5.76 Å². The zero-order valence-corrected chi connectivity index (χ0v) is 13.6. The lowest BCUT2D eigenvalue weighted by Gasteiger charge is -2.08. The minimum Gasteiger partial charge on any atom is -0.475 e. The quantitative estimate of drug-likeness (QED) is 0.770. The molecule has 0 aromatic carbocycles. The molecule has 0 aliphatic carbocycles. The highest BCUT2D eigenvalue weighted by Crippen LogP contribution is 2.27. The van der Waals surface area contributed by atoms with E-state index in [1.54, 1.807) is 0 Å². The number of sulfonamides is 1. The van der Waals surface area contributed by atoms with Gasteiger partial charge in [0.25, 0.3) is 10.0 Å². The molecule has 21 heavy (non-hydrogen) atoms. The average molecular weight is 396 g/mol. The van der Waals surface area contributed by atoms with Crippen molar-refractivity contribution in [1.82, 2.24) is 4.98 Å². The van der Waals surface area contributed by atoms with Crippen LogP contribution in [0.3, 0.4) is 0 Å². The summed E-state index contributed by atoms with van der Waals surface area (Å²) in [7, 11) is -4.05. The molecule has 0 amide bonds. The topological polar surface area (TPSA) is 109 Å². The van der Waals surface area contributed by atoms with Crippen LogP contribution in [0, 0.1) is 6.92 Å². The summed E-state index contributed by atoms with van der Waals surface area (Å²) in [5.74, 6) is -1.87. The maximum atomic E-state index is 12.3. The first-order chi connectivity index (χ1) is 9.70. The lowest BCUT2D eigenvalue weighted by molar-refractivity contribution is 0.0661. The first-order valence-corrected chi connectivity index (χ1v) is 8.03. The van der Waals surface area contributed by atoms with Crippen molar-refractivity contribution in [2.24, 2.45) is 0 Å². The Kier molecular flexibility index (Phi) is 4.26. The number of rotatable bonds is 4. The Morgan fingerprint density at radius 2 is 2.14 bits per heavy atom. The number of hydrogen-bond acceptors (Lipinski definition) is 5. The Morgan fingerprint density at radius 1 is 1.48 bits per heavy atom. The number of hydrogen-bond donors (Lipinski definition) is 2. The molecule has 112 valence electrons. The van der Waals surface area contributed by atoms with Gasteiger partial charge in [-0.1, -0.05) is 11.6 Å². The van der Waals surface area contributed by atoms with Gasteiger partial charge < -0.3 is 9.52 Å². The van der Waals surface area contributed by atoms with Crippen molar-refractivity contribution in [3.05, 3.63) is 39.5 Å². The lowest BCUT2D eigenvalue weighted by atomic mass is 10.4. The van der Waals surface area contributed by atoms with E-state index in [9.17, 15) is 13.2 Å². The Balaban J connectivity index is 2.43. The molecule has 0 aliphatic rings. The van der Waals surface area contributed by atoms with Crippen molar-refractivity contribution in [2.45, 2.75) is 11.8 Å². The van der Waals surface area contributed by atoms with Gasteiger partial charge in [-0.2, -0.15) is 0 Å². The fourth-order valence-electron chi connectivity index (χ4n) is 1.53. The molecular weight excluding hydrogens is 388 g/mol. The summed E-state index contributed by atoms with van der Waals surface area (Å²) in [5.41, 5.74) is 0.0588. The number of anilines is 1. The minimum absolute atomic E-state index is 0.0404. The molecule has 0 saturated heterocycles. The standard InChI is InChI=1S/C11H8BrClN2O5S/c1-5-9(3-8(20-5)11(16)17)21(18,19)15-7-2-6(12)4-14-10(7)13/h2-4,15H,1H3,(H,16,17). The molecule has 2 aromatic rings. The third kappa shape index (κ3) is 3.36. The van der Waals surface area contributed by atoms with E-state index in [0.717, 1.165) is 6.07 Å². The van der Waals surface area contributed by atoms with Crippen molar-refractivity contribution >= 4 is 49.2 Å². The van der Waals surface area contributed by atoms with Crippen molar-refractivity contribution in [1.29, 1.82) is 0 Å². The number of nitrogens with one attached hydrogen (secondary N) is 1. The highest BCUT2D eigenvalue weighted by Gasteiger charge is 2.24. The summed E-state index contributed by atoms with van der Waals surface area (Å²) in [4.78, 5) is 14.3. The number of carbonyl (C=O) groups is 1. The van der Waals surface area contributed by atoms with Gasteiger partial charge in [-0.15, -0.1) is 0 Å². The number of aryl methyl sites for hydroxylation is 1. The van der Waals surface area contributed by atoms with Crippen LogP contribution in [0.15, 0.2) is 32.1 Å². The van der Waals surface area contributed by atoms with E-state index in [4.69, 9.17) is 21.1 Å². The first kappa shape index (κ1) is 15.8. The molecule has 7 nitrogen and oxygen atoms in total. The van der Waals surface area contributed by atoms with Crippen LogP contribution in [-0.2, 0) is 10.0 Å². The number of aromatic carboxylic acids is 1. The average Bonchev–Trinajstić information content (AvgIpc) is 2.77. The van der Waals surface area contributed by atoms with Crippen LogP contribution in [0.2, 0.25) is 5.15 Å². The number of carboxylic acids is 1. The minimum atomic E-state index is -4.05. The summed E-state index contributed by atoms with van der Waals surface area (Å²) in [6, 6.07) is 2.36. The van der Waals surface area contributed by atoms with Gasteiger partial charge in [0.1, 0.15) is 10.7 Å². The molecule has 0 fully saturated rings. The monoisotopic (exact) mass is 394 g/mol. The van der Waals surface area contributed by atoms with Crippen molar-refractivity contribution in [3.8, 4) is 0 Å². The van der Waals surface area contributed by atoms with Crippen LogP contribution in [0.1, 0.15) is 16.3 Å². The second kappa shape index (κ2) is 5.66. The number of pyridine rings is 1. The highest BCUT2D eigenvalue weighted by molar-refractivity contribution is 9.10. The first-order valence-electron chi connectivity index (χ1n) is 5.38. The molecule has 2 rings (SSSR count). The van der Waals surface area contributed by atoms with Gasteiger partial charge in [0.15, 0.2) is 5.15 Å². The number of aromatic nitrogens is 1. The fourth-order valence-corrected chi connectivity index (χ4v) is 3.31. The van der Waals surface area contributed by atoms with Crippen molar-refractivity contribution < 1.29 is 22.7 Å². The van der Waals surface area contributed by atoms with Gasteiger partial charge >= 0.3 is 5.97 Å². The summed E-state index contributed by atoms with van der Waals surface area (Å²) < 4.78 is 32.1. The molecule has 2 N–H and O–H groups in total. The predicted octanol–water partition coefficient (Wildman–Crippen LogP) is 2.90. The van der Waals surface area contributed by atoms with Gasteiger partial charge in [0.05, 0.1) is 5.69 Å². The van der Waals surface area contributed by atoms with Gasteiger partial charge in [-0.3, -0.25) is 4.72 Å². The zero-order chi connectivity index (χ0) is 15.8. The smallest absolute Gasteiger partial charge is 0.371 e. The molecular formula is C11H8BrClN2O5S. The molecule has 0 unspecified atom stereocenters. The van der Waals surface area contributed by atoms with Crippen LogP contribution in [0.25, 0.3) is 0 Å². The molecule has 2 aromatic heterocycles. The highest BCUT2D eigenvalue weighted by atomic mass is 79.9. The third-order valence-corrected chi connectivity index (χ3v) is 4.63.